The van der Waals surface area contributed by atoms with Gasteiger partial charge in [0.05, 0.1) is 31.9 Å². The van der Waals surface area contributed by atoms with Crippen molar-refractivity contribution in [3.63, 3.8) is 0 Å². The molecule has 36 heavy (non-hydrogen) atoms. The van der Waals surface area contributed by atoms with Gasteiger partial charge in [0.25, 0.3) is 5.91 Å². The average molecular weight is 493 g/mol. The first-order chi connectivity index (χ1) is 17.5. The van der Waals surface area contributed by atoms with Gasteiger partial charge in [-0.3, -0.25) is 19.5 Å². The normalized spacial score (nSPS) is 24.8. The topological polar surface area (TPSA) is 101 Å². The van der Waals surface area contributed by atoms with Crippen LogP contribution in [-0.4, -0.2) is 72.1 Å². The van der Waals surface area contributed by atoms with Crippen LogP contribution in [0.25, 0.3) is 0 Å². The van der Waals surface area contributed by atoms with E-state index in [0.717, 1.165) is 24.2 Å². The van der Waals surface area contributed by atoms with Crippen LogP contribution in [0, 0.1) is 5.92 Å². The predicted molar refractivity (Wildman–Crippen MR) is 131 cm³/mol. The zero-order chi connectivity index (χ0) is 25.1. The van der Waals surface area contributed by atoms with Crippen molar-refractivity contribution in [1.29, 1.82) is 0 Å². The molecule has 9 nitrogen and oxygen atoms in total. The van der Waals surface area contributed by atoms with E-state index in [-0.39, 0.29) is 30.4 Å². The fraction of sp³-hybridized carbons (Fsp3) is 0.481. The summed E-state index contributed by atoms with van der Waals surface area (Å²) < 4.78 is 10.9. The Morgan fingerprint density at radius 1 is 1.14 bits per heavy atom. The Bertz CT molecular complexity index is 1090. The molecule has 4 amide bonds. The Morgan fingerprint density at radius 3 is 2.56 bits per heavy atom. The number of aromatic nitrogens is 1. The summed E-state index contributed by atoms with van der Waals surface area (Å²) in [5.41, 5.74) is 0.235. The Morgan fingerprint density at radius 2 is 1.92 bits per heavy atom. The molecule has 0 bridgehead atoms. The highest BCUT2D eigenvalue weighted by Crippen LogP contribution is 2.41. The lowest BCUT2D eigenvalue weighted by molar-refractivity contribution is -0.137. The molecule has 0 unspecified atom stereocenters. The van der Waals surface area contributed by atoms with Crippen LogP contribution in [0.3, 0.4) is 0 Å². The predicted octanol–water partition coefficient (Wildman–Crippen LogP) is 2.50. The van der Waals surface area contributed by atoms with Crippen LogP contribution in [0.5, 0.6) is 5.75 Å². The molecule has 190 valence electrons. The number of nitrogens with zero attached hydrogens (tertiary/aromatic N) is 3. The molecular formula is C27H32N4O5. The molecule has 0 saturated carbocycles. The number of carbonyl (C=O) groups is 3. The number of piperidine rings is 1. The smallest absolute Gasteiger partial charge is 0.325 e. The molecule has 3 aliphatic heterocycles. The first kappa shape index (κ1) is 24.2. The van der Waals surface area contributed by atoms with E-state index in [4.69, 9.17) is 9.47 Å². The number of urea groups is 1. The van der Waals surface area contributed by atoms with Gasteiger partial charge in [-0.1, -0.05) is 18.2 Å². The first-order valence-corrected chi connectivity index (χ1v) is 12.6. The van der Waals surface area contributed by atoms with Crippen molar-refractivity contribution in [2.24, 2.45) is 5.92 Å². The standard InChI is InChI=1S/C27H32N4O5/c1-35-21-9-7-19(8-10-21)17-24(32)30-14-11-20(12-15-30)27(23-6-2-3-13-28-23)25(33)31(26(34)29-27)18-22-5-4-16-36-22/h2-3,6-10,13,20,22H,4-5,11-12,14-18H2,1H3,(H,29,34)/t22-,27+/m1/s1. The summed E-state index contributed by atoms with van der Waals surface area (Å²) in [7, 11) is 1.61. The van der Waals surface area contributed by atoms with Crippen molar-refractivity contribution < 1.29 is 23.9 Å². The van der Waals surface area contributed by atoms with Gasteiger partial charge < -0.3 is 19.7 Å². The van der Waals surface area contributed by atoms with Gasteiger partial charge in [0, 0.05) is 31.8 Å². The highest BCUT2D eigenvalue weighted by molar-refractivity contribution is 6.07. The molecule has 9 heteroatoms. The van der Waals surface area contributed by atoms with E-state index >= 15 is 0 Å². The van der Waals surface area contributed by atoms with Gasteiger partial charge in [-0.15, -0.1) is 0 Å². The number of methoxy groups -OCH3 is 1. The van der Waals surface area contributed by atoms with Crippen molar-refractivity contribution in [3.05, 3.63) is 59.9 Å². The number of benzene rings is 1. The molecule has 3 saturated heterocycles. The molecule has 3 fully saturated rings. The van der Waals surface area contributed by atoms with Crippen molar-refractivity contribution >= 4 is 17.8 Å². The summed E-state index contributed by atoms with van der Waals surface area (Å²) in [6, 6.07) is 12.5. The number of rotatable bonds is 7. The van der Waals surface area contributed by atoms with E-state index in [1.807, 2.05) is 35.2 Å². The van der Waals surface area contributed by atoms with Gasteiger partial charge in [0.2, 0.25) is 5.91 Å². The molecule has 0 aliphatic carbocycles. The maximum Gasteiger partial charge on any atom is 0.325 e. The molecule has 2 atom stereocenters. The minimum Gasteiger partial charge on any atom is -0.497 e. The number of hydrogen-bond acceptors (Lipinski definition) is 6. The van der Waals surface area contributed by atoms with E-state index < -0.39 is 11.6 Å². The Balaban J connectivity index is 1.31. The molecule has 3 aliphatic rings. The van der Waals surface area contributed by atoms with Gasteiger partial charge in [0.15, 0.2) is 5.54 Å². The van der Waals surface area contributed by atoms with Crippen molar-refractivity contribution in [2.75, 3.05) is 33.4 Å². The van der Waals surface area contributed by atoms with Crippen LogP contribution in [0.15, 0.2) is 48.7 Å². The third-order valence-corrected chi connectivity index (χ3v) is 7.59. The number of carbonyl (C=O) groups excluding carboxylic acids is 3. The molecule has 1 N–H and O–H groups in total. The monoisotopic (exact) mass is 492 g/mol. The Kier molecular flexibility index (Phi) is 6.91. The van der Waals surface area contributed by atoms with E-state index in [1.165, 1.54) is 4.90 Å². The number of nitrogens with one attached hydrogen (secondary N) is 1. The molecule has 4 heterocycles. The summed E-state index contributed by atoms with van der Waals surface area (Å²) in [6.07, 6.45) is 4.77. The summed E-state index contributed by atoms with van der Waals surface area (Å²) in [5.74, 6) is 0.351. The average Bonchev–Trinajstić information content (AvgIpc) is 3.52. The number of hydrogen-bond donors (Lipinski definition) is 1. The maximum atomic E-state index is 13.9. The molecule has 1 aromatic carbocycles. The molecule has 0 spiro atoms. The molecule has 5 rings (SSSR count). The third-order valence-electron chi connectivity index (χ3n) is 7.59. The number of pyridine rings is 1. The van der Waals surface area contributed by atoms with Crippen molar-refractivity contribution in [2.45, 2.75) is 43.7 Å². The van der Waals surface area contributed by atoms with E-state index in [1.54, 1.807) is 25.4 Å². The van der Waals surface area contributed by atoms with Crippen LogP contribution in [-0.2, 0) is 26.3 Å². The number of ether oxygens (including phenoxy) is 2. The summed E-state index contributed by atoms with van der Waals surface area (Å²) in [6.45, 7) is 1.94. The molecule has 0 radical (unpaired) electrons. The summed E-state index contributed by atoms with van der Waals surface area (Å²) in [5, 5.41) is 3.03. The lowest BCUT2D eigenvalue weighted by Gasteiger charge is -2.40. The van der Waals surface area contributed by atoms with Crippen LogP contribution >= 0.6 is 0 Å². The second-order valence-electron chi connectivity index (χ2n) is 9.68. The van der Waals surface area contributed by atoms with E-state index in [0.29, 0.717) is 44.7 Å². The van der Waals surface area contributed by atoms with Crippen LogP contribution in [0.2, 0.25) is 0 Å². The lowest BCUT2D eigenvalue weighted by atomic mass is 9.75. The molecule has 1 aromatic heterocycles. The molecular weight excluding hydrogens is 460 g/mol. The van der Waals surface area contributed by atoms with Crippen LogP contribution in [0.4, 0.5) is 4.79 Å². The largest absolute Gasteiger partial charge is 0.497 e. The number of imide groups is 1. The fourth-order valence-electron chi connectivity index (χ4n) is 5.60. The Hall–Kier alpha value is -3.46. The van der Waals surface area contributed by atoms with E-state index in [2.05, 4.69) is 10.3 Å². The number of likely N-dealkylation sites (tertiary alicyclic amines) is 1. The summed E-state index contributed by atoms with van der Waals surface area (Å²) in [4.78, 5) is 47.6. The SMILES string of the molecule is COc1ccc(CC(=O)N2CCC([C@@]3(c4ccccn4)NC(=O)N(C[C@H]4CCCO4)C3=O)CC2)cc1. The lowest BCUT2D eigenvalue weighted by Crippen LogP contribution is -2.55. The van der Waals surface area contributed by atoms with Gasteiger partial charge in [-0.25, -0.2) is 4.79 Å². The van der Waals surface area contributed by atoms with Crippen molar-refractivity contribution in [1.82, 2.24) is 20.1 Å². The fourth-order valence-corrected chi connectivity index (χ4v) is 5.60. The highest BCUT2D eigenvalue weighted by atomic mass is 16.5. The maximum absolute atomic E-state index is 13.9. The minimum absolute atomic E-state index is 0.0484. The van der Waals surface area contributed by atoms with Crippen LogP contribution in [0.1, 0.15) is 36.9 Å². The van der Waals surface area contributed by atoms with Gasteiger partial charge >= 0.3 is 6.03 Å². The quantitative estimate of drug-likeness (QED) is 0.596. The summed E-state index contributed by atoms with van der Waals surface area (Å²) >= 11 is 0. The highest BCUT2D eigenvalue weighted by Gasteiger charge is 2.58. The minimum atomic E-state index is -1.23. The zero-order valence-electron chi connectivity index (χ0n) is 20.5. The van der Waals surface area contributed by atoms with Gasteiger partial charge in [0.1, 0.15) is 5.75 Å². The van der Waals surface area contributed by atoms with Gasteiger partial charge in [-0.2, -0.15) is 0 Å². The van der Waals surface area contributed by atoms with Crippen molar-refractivity contribution in [3.8, 4) is 5.75 Å². The second-order valence-corrected chi connectivity index (χ2v) is 9.68. The van der Waals surface area contributed by atoms with Crippen LogP contribution < -0.4 is 10.1 Å². The third kappa shape index (κ3) is 4.55. The second kappa shape index (κ2) is 10.3. The number of amides is 4. The Labute approximate surface area is 210 Å². The van der Waals surface area contributed by atoms with Gasteiger partial charge in [-0.05, 0) is 55.5 Å². The molecule has 2 aromatic rings. The zero-order valence-corrected chi connectivity index (χ0v) is 20.5. The first-order valence-electron chi connectivity index (χ1n) is 12.6. The van der Waals surface area contributed by atoms with E-state index in [9.17, 15) is 14.4 Å².